The van der Waals surface area contributed by atoms with Crippen LogP contribution < -0.4 is 10.1 Å². The lowest BCUT2D eigenvalue weighted by Crippen LogP contribution is -2.58. The Labute approximate surface area is 200 Å². The van der Waals surface area contributed by atoms with Gasteiger partial charge in [0.2, 0.25) is 0 Å². The predicted octanol–water partition coefficient (Wildman–Crippen LogP) is 4.27. The Kier molecular flexibility index (Phi) is 6.06. The number of rotatable bonds is 4. The SMILES string of the molecule is CCOc1ccccc1NC(=O)[C@H]1O[C@H]2OC3(CCCCC3)O[C@@H]2[C@H]2OC3(CCCCC3)O[C@@H]21. The molecular weight excluding hydrogens is 438 g/mol. The molecule has 186 valence electrons. The van der Waals surface area contributed by atoms with Crippen LogP contribution in [-0.2, 0) is 28.5 Å². The lowest BCUT2D eigenvalue weighted by Gasteiger charge is -2.36. The van der Waals surface area contributed by atoms with Crippen LogP contribution in [0.4, 0.5) is 5.69 Å². The molecule has 0 radical (unpaired) electrons. The van der Waals surface area contributed by atoms with Crippen LogP contribution in [0.3, 0.4) is 0 Å². The number of amides is 1. The van der Waals surface area contributed by atoms with Gasteiger partial charge in [0.1, 0.15) is 24.1 Å². The fourth-order valence-electron chi connectivity index (χ4n) is 6.22. The van der Waals surface area contributed by atoms with Crippen molar-refractivity contribution >= 4 is 11.6 Å². The molecule has 2 spiro atoms. The molecule has 2 saturated carbocycles. The predicted molar refractivity (Wildman–Crippen MR) is 122 cm³/mol. The van der Waals surface area contributed by atoms with Gasteiger partial charge in [-0.25, -0.2) is 0 Å². The van der Waals surface area contributed by atoms with Crippen LogP contribution >= 0.6 is 0 Å². The third kappa shape index (κ3) is 4.03. The first-order valence-corrected chi connectivity index (χ1v) is 13.0. The Morgan fingerprint density at radius 1 is 0.882 bits per heavy atom. The summed E-state index contributed by atoms with van der Waals surface area (Å²) in [6.45, 7) is 2.42. The van der Waals surface area contributed by atoms with Crippen molar-refractivity contribution in [2.24, 2.45) is 0 Å². The maximum Gasteiger partial charge on any atom is 0.256 e. The molecule has 1 amide bonds. The van der Waals surface area contributed by atoms with Crippen LogP contribution in [0.15, 0.2) is 24.3 Å². The first-order chi connectivity index (χ1) is 16.6. The maximum absolute atomic E-state index is 13.6. The summed E-state index contributed by atoms with van der Waals surface area (Å²) in [5.41, 5.74) is 0.607. The summed E-state index contributed by atoms with van der Waals surface area (Å²) in [7, 11) is 0. The minimum atomic E-state index is -0.871. The van der Waals surface area contributed by atoms with Gasteiger partial charge in [0.05, 0.1) is 12.3 Å². The fraction of sp³-hybridized carbons (Fsp3) is 0.731. The normalized spacial score (nSPS) is 35.6. The summed E-state index contributed by atoms with van der Waals surface area (Å²) in [6.07, 6.45) is 7.02. The molecule has 8 nitrogen and oxygen atoms in total. The third-order valence-corrected chi connectivity index (χ3v) is 7.81. The standard InChI is InChI=1S/C26H35NO7/c1-2-29-18-12-6-5-11-17(18)27-23(28)21-19-20(32-25(31-19)13-7-3-8-14-25)22-24(30-21)34-26(33-22)15-9-4-10-16-26/h5-6,11-12,19-22,24H,2-4,7-10,13-16H2,1H3,(H,27,28)/t19-,20-,21-,22+,24-/m0/s1. The Balaban J connectivity index is 1.27. The van der Waals surface area contributed by atoms with Crippen molar-refractivity contribution in [3.63, 3.8) is 0 Å². The van der Waals surface area contributed by atoms with E-state index in [1.807, 2.05) is 31.2 Å². The number of carbonyl (C=O) groups excluding carboxylic acids is 1. The number of hydrogen-bond donors (Lipinski definition) is 1. The second kappa shape index (κ2) is 9.06. The molecule has 0 bridgehead atoms. The van der Waals surface area contributed by atoms with Crippen LogP contribution in [-0.4, -0.2) is 54.8 Å². The Bertz CT molecular complexity index is 895. The number of nitrogens with one attached hydrogen (secondary N) is 1. The zero-order valence-corrected chi connectivity index (χ0v) is 19.8. The topological polar surface area (TPSA) is 84.5 Å². The number of fused-ring (bicyclic) bond motifs is 3. The highest BCUT2D eigenvalue weighted by atomic mass is 16.9. The van der Waals surface area contributed by atoms with Crippen LogP contribution in [0, 0.1) is 0 Å². The zero-order valence-electron chi connectivity index (χ0n) is 19.8. The van der Waals surface area contributed by atoms with Gasteiger partial charge in [0.25, 0.3) is 5.91 Å². The van der Waals surface area contributed by atoms with E-state index < -0.39 is 42.3 Å². The molecule has 1 aromatic rings. The molecule has 0 unspecified atom stereocenters. The molecule has 1 N–H and O–H groups in total. The molecule has 3 heterocycles. The average molecular weight is 474 g/mol. The van der Waals surface area contributed by atoms with E-state index in [0.29, 0.717) is 18.0 Å². The molecule has 2 aliphatic carbocycles. The number of carbonyl (C=O) groups is 1. The van der Waals surface area contributed by atoms with E-state index in [-0.39, 0.29) is 5.91 Å². The Morgan fingerprint density at radius 2 is 1.50 bits per heavy atom. The Morgan fingerprint density at radius 3 is 2.21 bits per heavy atom. The van der Waals surface area contributed by atoms with Crippen molar-refractivity contribution in [1.82, 2.24) is 0 Å². The van der Waals surface area contributed by atoms with Gasteiger partial charge in [-0.3, -0.25) is 4.79 Å². The smallest absolute Gasteiger partial charge is 0.256 e. The van der Waals surface area contributed by atoms with Crippen LogP contribution in [0.1, 0.15) is 71.1 Å². The van der Waals surface area contributed by atoms with Crippen molar-refractivity contribution in [3.8, 4) is 5.75 Å². The lowest BCUT2D eigenvalue weighted by atomic mass is 9.94. The molecule has 1 aromatic carbocycles. The minimum absolute atomic E-state index is 0.287. The van der Waals surface area contributed by atoms with Crippen molar-refractivity contribution in [1.29, 1.82) is 0 Å². The molecule has 0 aromatic heterocycles. The monoisotopic (exact) mass is 473 g/mol. The fourth-order valence-corrected chi connectivity index (χ4v) is 6.22. The highest BCUT2D eigenvalue weighted by molar-refractivity contribution is 5.96. The van der Waals surface area contributed by atoms with Crippen LogP contribution in [0.25, 0.3) is 0 Å². The first kappa shape index (κ1) is 22.7. The summed E-state index contributed by atoms with van der Waals surface area (Å²) >= 11 is 0. The van der Waals surface area contributed by atoms with Gasteiger partial charge in [0.15, 0.2) is 24.0 Å². The number of anilines is 1. The van der Waals surface area contributed by atoms with E-state index >= 15 is 0 Å². The van der Waals surface area contributed by atoms with Crippen LogP contribution in [0.5, 0.6) is 5.75 Å². The zero-order chi connectivity index (χ0) is 23.2. The van der Waals surface area contributed by atoms with Crippen molar-refractivity contribution < 1.29 is 33.2 Å². The highest BCUT2D eigenvalue weighted by Crippen LogP contribution is 2.51. The van der Waals surface area contributed by atoms with Gasteiger partial charge in [-0.2, -0.15) is 0 Å². The number of benzene rings is 1. The van der Waals surface area contributed by atoms with Crippen molar-refractivity contribution in [2.45, 2.75) is 113 Å². The molecule has 3 aliphatic heterocycles. The van der Waals surface area contributed by atoms with Gasteiger partial charge < -0.3 is 33.7 Å². The van der Waals surface area contributed by atoms with E-state index in [4.69, 9.17) is 28.4 Å². The molecule has 34 heavy (non-hydrogen) atoms. The van der Waals surface area contributed by atoms with E-state index in [1.54, 1.807) is 0 Å². The summed E-state index contributed by atoms with van der Waals surface area (Å²) in [5, 5.41) is 3.00. The number of hydrogen-bond acceptors (Lipinski definition) is 7. The summed E-state index contributed by atoms with van der Waals surface area (Å²) in [6, 6.07) is 7.41. The molecule has 5 fully saturated rings. The maximum atomic E-state index is 13.6. The average Bonchev–Trinajstić information content (AvgIpc) is 3.38. The third-order valence-electron chi connectivity index (χ3n) is 7.81. The Hall–Kier alpha value is -1.71. The summed E-state index contributed by atoms with van der Waals surface area (Å²) in [4.78, 5) is 13.6. The number of para-hydroxylation sites is 2. The van der Waals surface area contributed by atoms with E-state index in [9.17, 15) is 4.79 Å². The summed E-state index contributed by atoms with van der Waals surface area (Å²) < 4.78 is 38.1. The number of ether oxygens (including phenoxy) is 6. The molecule has 5 atom stereocenters. The van der Waals surface area contributed by atoms with Gasteiger partial charge in [-0.05, 0) is 44.7 Å². The highest BCUT2D eigenvalue weighted by Gasteiger charge is 2.65. The molecular formula is C26H35NO7. The van der Waals surface area contributed by atoms with Crippen molar-refractivity contribution in [3.05, 3.63) is 24.3 Å². The molecule has 8 heteroatoms. The van der Waals surface area contributed by atoms with Gasteiger partial charge in [-0.1, -0.05) is 25.0 Å². The van der Waals surface area contributed by atoms with E-state index in [1.165, 1.54) is 12.8 Å². The van der Waals surface area contributed by atoms with Gasteiger partial charge in [-0.15, -0.1) is 0 Å². The minimum Gasteiger partial charge on any atom is -0.492 e. The quantitative estimate of drug-likeness (QED) is 0.699. The van der Waals surface area contributed by atoms with E-state index in [0.717, 1.165) is 51.4 Å². The summed E-state index contributed by atoms with van der Waals surface area (Å²) in [5.74, 6) is -0.974. The van der Waals surface area contributed by atoms with Crippen molar-refractivity contribution in [2.75, 3.05) is 11.9 Å². The second-order valence-electron chi connectivity index (χ2n) is 10.2. The first-order valence-electron chi connectivity index (χ1n) is 13.0. The van der Waals surface area contributed by atoms with Gasteiger partial charge >= 0.3 is 0 Å². The van der Waals surface area contributed by atoms with Gasteiger partial charge in [0, 0.05) is 25.7 Å². The molecule has 5 aliphatic rings. The molecule has 3 saturated heterocycles. The lowest BCUT2D eigenvalue weighted by molar-refractivity contribution is -0.246. The second-order valence-corrected chi connectivity index (χ2v) is 10.2. The van der Waals surface area contributed by atoms with Crippen LogP contribution in [0.2, 0.25) is 0 Å². The largest absolute Gasteiger partial charge is 0.492 e. The molecule has 6 rings (SSSR count). The van der Waals surface area contributed by atoms with E-state index in [2.05, 4.69) is 5.32 Å².